The van der Waals surface area contributed by atoms with Crippen LogP contribution in [0.4, 0.5) is 0 Å². The van der Waals surface area contributed by atoms with Crippen LogP contribution in [0.1, 0.15) is 29.7 Å². The van der Waals surface area contributed by atoms with Gasteiger partial charge in [-0.05, 0) is 44.7 Å². The molecule has 1 unspecified atom stereocenters. The molecule has 134 valence electrons. The largest absolute Gasteiger partial charge is 0.384 e. The van der Waals surface area contributed by atoms with Gasteiger partial charge in [-0.1, -0.05) is 24.3 Å². The van der Waals surface area contributed by atoms with E-state index in [1.807, 2.05) is 19.1 Å². The van der Waals surface area contributed by atoms with E-state index < -0.39 is 0 Å². The number of aryl methyl sites for hydroxylation is 1. The molecule has 0 bridgehead atoms. The highest BCUT2D eigenvalue weighted by Crippen LogP contribution is 2.20. The van der Waals surface area contributed by atoms with Crippen molar-refractivity contribution in [1.29, 1.82) is 0 Å². The molecule has 1 N–H and O–H groups in total. The lowest BCUT2D eigenvalue weighted by Crippen LogP contribution is -2.36. The van der Waals surface area contributed by atoms with Crippen LogP contribution in [0.2, 0.25) is 0 Å². The number of nitrogens with zero attached hydrogens (tertiary/aromatic N) is 2. The van der Waals surface area contributed by atoms with Gasteiger partial charge in [-0.2, -0.15) is 0 Å². The maximum absolute atomic E-state index is 11.9. The van der Waals surface area contributed by atoms with Crippen LogP contribution in [0.3, 0.4) is 0 Å². The van der Waals surface area contributed by atoms with E-state index >= 15 is 0 Å². The summed E-state index contributed by atoms with van der Waals surface area (Å²) in [5.74, 6) is 1.28. The Labute approximate surface area is 149 Å². The molecule has 1 atom stereocenters. The number of rotatable bonds is 5. The van der Waals surface area contributed by atoms with Crippen LogP contribution in [-0.4, -0.2) is 41.7 Å². The summed E-state index contributed by atoms with van der Waals surface area (Å²) >= 11 is 0. The SMILES string of the molecule is COCC1CCCN(Cc2ccc(-c3nc(C)c(C)c(=O)[nH]3)cc2)C1. The second kappa shape index (κ2) is 7.93. The van der Waals surface area contributed by atoms with Crippen molar-refractivity contribution in [2.75, 3.05) is 26.8 Å². The number of benzene rings is 1. The molecular formula is C20H27N3O2. The van der Waals surface area contributed by atoms with Gasteiger partial charge in [-0.25, -0.2) is 4.98 Å². The molecule has 25 heavy (non-hydrogen) atoms. The Morgan fingerprint density at radius 3 is 2.72 bits per heavy atom. The number of aromatic amines is 1. The van der Waals surface area contributed by atoms with E-state index in [0.29, 0.717) is 17.3 Å². The fourth-order valence-corrected chi connectivity index (χ4v) is 3.47. The van der Waals surface area contributed by atoms with Crippen molar-refractivity contribution in [3.8, 4) is 11.4 Å². The quantitative estimate of drug-likeness (QED) is 0.908. The van der Waals surface area contributed by atoms with Crippen molar-refractivity contribution in [1.82, 2.24) is 14.9 Å². The zero-order valence-electron chi connectivity index (χ0n) is 15.3. The number of ether oxygens (including phenoxy) is 1. The molecule has 2 aromatic rings. The lowest BCUT2D eigenvalue weighted by atomic mass is 9.98. The second-order valence-electron chi connectivity index (χ2n) is 7.02. The molecule has 1 aromatic heterocycles. The Morgan fingerprint density at radius 1 is 1.28 bits per heavy atom. The summed E-state index contributed by atoms with van der Waals surface area (Å²) in [6.45, 7) is 7.72. The van der Waals surface area contributed by atoms with Crippen LogP contribution in [0, 0.1) is 19.8 Å². The van der Waals surface area contributed by atoms with Gasteiger partial charge in [0, 0.05) is 37.0 Å². The predicted octanol–water partition coefficient (Wildman–Crippen LogP) is 2.91. The zero-order chi connectivity index (χ0) is 17.8. The number of H-pyrrole nitrogens is 1. The van der Waals surface area contributed by atoms with Crippen molar-refractivity contribution in [2.24, 2.45) is 5.92 Å². The molecule has 0 aliphatic carbocycles. The van der Waals surface area contributed by atoms with Crippen LogP contribution in [0.5, 0.6) is 0 Å². The first-order valence-electron chi connectivity index (χ1n) is 8.95. The molecule has 5 heteroatoms. The third-order valence-electron chi connectivity index (χ3n) is 5.03. The van der Waals surface area contributed by atoms with Gasteiger partial charge in [0.25, 0.3) is 5.56 Å². The van der Waals surface area contributed by atoms with Crippen molar-refractivity contribution in [2.45, 2.75) is 33.2 Å². The Morgan fingerprint density at radius 2 is 2.04 bits per heavy atom. The summed E-state index contributed by atoms with van der Waals surface area (Å²) in [4.78, 5) is 21.8. The summed E-state index contributed by atoms with van der Waals surface area (Å²) in [5.41, 5.74) is 3.62. The Hall–Kier alpha value is -1.98. The van der Waals surface area contributed by atoms with Crippen LogP contribution < -0.4 is 5.56 Å². The van der Waals surface area contributed by atoms with Crippen molar-refractivity contribution in [3.05, 3.63) is 51.4 Å². The summed E-state index contributed by atoms with van der Waals surface area (Å²) in [6, 6.07) is 8.34. The highest BCUT2D eigenvalue weighted by atomic mass is 16.5. The first kappa shape index (κ1) is 17.8. The van der Waals surface area contributed by atoms with Gasteiger partial charge in [-0.3, -0.25) is 9.69 Å². The normalized spacial score (nSPS) is 18.4. The number of aromatic nitrogens is 2. The van der Waals surface area contributed by atoms with Gasteiger partial charge >= 0.3 is 0 Å². The smallest absolute Gasteiger partial charge is 0.254 e. The monoisotopic (exact) mass is 341 g/mol. The number of methoxy groups -OCH3 is 1. The van der Waals surface area contributed by atoms with E-state index in [2.05, 4.69) is 27.0 Å². The maximum atomic E-state index is 11.9. The standard InChI is InChI=1S/C20H27N3O2/c1-14-15(2)21-19(22-20(14)24)18-8-6-16(7-9-18)11-23-10-4-5-17(12-23)13-25-3/h6-9,17H,4-5,10-13H2,1-3H3,(H,21,22,24). The highest BCUT2D eigenvalue weighted by Gasteiger charge is 2.19. The molecule has 0 radical (unpaired) electrons. The molecule has 2 heterocycles. The Balaban J connectivity index is 1.69. The zero-order valence-corrected chi connectivity index (χ0v) is 15.3. The minimum atomic E-state index is -0.0657. The molecular weight excluding hydrogens is 314 g/mol. The van der Waals surface area contributed by atoms with Gasteiger partial charge < -0.3 is 9.72 Å². The van der Waals surface area contributed by atoms with E-state index in [-0.39, 0.29) is 5.56 Å². The van der Waals surface area contributed by atoms with E-state index in [1.165, 1.54) is 18.4 Å². The minimum absolute atomic E-state index is 0.0657. The average Bonchev–Trinajstić information content (AvgIpc) is 2.60. The topological polar surface area (TPSA) is 58.2 Å². The molecule has 1 aromatic carbocycles. The lowest BCUT2D eigenvalue weighted by Gasteiger charge is -2.32. The summed E-state index contributed by atoms with van der Waals surface area (Å²) in [6.07, 6.45) is 2.50. The molecule has 1 aliphatic rings. The van der Waals surface area contributed by atoms with Crippen molar-refractivity contribution >= 4 is 0 Å². The molecule has 3 rings (SSSR count). The Kier molecular flexibility index (Phi) is 5.66. The first-order chi connectivity index (χ1) is 12.1. The Bertz CT molecular complexity index is 766. The first-order valence-corrected chi connectivity index (χ1v) is 8.95. The van der Waals surface area contributed by atoms with Gasteiger partial charge in [0.05, 0.1) is 6.61 Å². The second-order valence-corrected chi connectivity index (χ2v) is 7.02. The van der Waals surface area contributed by atoms with Gasteiger partial charge in [0.2, 0.25) is 0 Å². The van der Waals surface area contributed by atoms with Crippen LogP contribution in [0.15, 0.2) is 29.1 Å². The number of hydrogen-bond donors (Lipinski definition) is 1. The third kappa shape index (κ3) is 4.35. The molecule has 1 fully saturated rings. The molecule has 0 amide bonds. The molecule has 0 saturated carbocycles. The molecule has 1 aliphatic heterocycles. The number of nitrogens with one attached hydrogen (secondary N) is 1. The van der Waals surface area contributed by atoms with E-state index in [0.717, 1.165) is 37.5 Å². The molecule has 5 nitrogen and oxygen atoms in total. The minimum Gasteiger partial charge on any atom is -0.384 e. The predicted molar refractivity (Wildman–Crippen MR) is 99.6 cm³/mol. The van der Waals surface area contributed by atoms with Crippen molar-refractivity contribution < 1.29 is 4.74 Å². The van der Waals surface area contributed by atoms with Crippen molar-refractivity contribution in [3.63, 3.8) is 0 Å². The van der Waals surface area contributed by atoms with E-state index in [4.69, 9.17) is 4.74 Å². The fraction of sp³-hybridized carbons (Fsp3) is 0.500. The molecule has 0 spiro atoms. The van der Waals surface area contributed by atoms with Gasteiger partial charge in [-0.15, -0.1) is 0 Å². The lowest BCUT2D eigenvalue weighted by molar-refractivity contribution is 0.0874. The maximum Gasteiger partial charge on any atom is 0.254 e. The fourth-order valence-electron chi connectivity index (χ4n) is 3.47. The molecule has 1 saturated heterocycles. The summed E-state index contributed by atoms with van der Waals surface area (Å²) in [7, 11) is 1.78. The average molecular weight is 341 g/mol. The van der Waals surface area contributed by atoms with Crippen LogP contribution in [-0.2, 0) is 11.3 Å². The number of likely N-dealkylation sites (tertiary alicyclic amines) is 1. The van der Waals surface area contributed by atoms with E-state index in [1.54, 1.807) is 14.0 Å². The highest BCUT2D eigenvalue weighted by molar-refractivity contribution is 5.55. The van der Waals surface area contributed by atoms with Gasteiger partial charge in [0.1, 0.15) is 5.82 Å². The summed E-state index contributed by atoms with van der Waals surface area (Å²) in [5, 5.41) is 0. The van der Waals surface area contributed by atoms with Crippen LogP contribution in [0.25, 0.3) is 11.4 Å². The third-order valence-corrected chi connectivity index (χ3v) is 5.03. The number of piperidine rings is 1. The summed E-state index contributed by atoms with van der Waals surface area (Å²) < 4.78 is 5.31. The van der Waals surface area contributed by atoms with Crippen LogP contribution >= 0.6 is 0 Å². The number of hydrogen-bond acceptors (Lipinski definition) is 4. The van der Waals surface area contributed by atoms with E-state index in [9.17, 15) is 4.79 Å². The van der Waals surface area contributed by atoms with Gasteiger partial charge in [0.15, 0.2) is 0 Å².